The van der Waals surface area contributed by atoms with E-state index in [0.29, 0.717) is 13.1 Å². The zero-order valence-electron chi connectivity index (χ0n) is 24.2. The molecule has 17 heteroatoms. The molecular weight excluding hydrogens is 637 g/mol. The van der Waals surface area contributed by atoms with Crippen LogP contribution in [-0.2, 0) is 34.0 Å². The molecule has 1 saturated carbocycles. The molecule has 5 atom stereocenters. The number of phenols is 1. The molecule has 2 heterocycles. The SMILES string of the molecule is CS(=O)(=O)Oc1cc(O)c(N2CCN(CC(CN3C(=O)C4CC(O)C(O)CC4C3=O)OS(=O)(=O)c3ccccc3)CC2)cc1F. The summed E-state index contributed by atoms with van der Waals surface area (Å²) in [6.45, 7) is 0.687. The fourth-order valence-electron chi connectivity index (χ4n) is 6.01. The number of piperazine rings is 1. The van der Waals surface area contributed by atoms with Crippen molar-refractivity contribution >= 4 is 37.7 Å². The summed E-state index contributed by atoms with van der Waals surface area (Å²) in [6, 6.07) is 9.23. The lowest BCUT2D eigenvalue weighted by atomic mass is 9.78. The second kappa shape index (κ2) is 12.8. The molecule has 2 aromatic rings. The van der Waals surface area contributed by atoms with E-state index in [1.54, 1.807) is 11.0 Å². The lowest BCUT2D eigenvalue weighted by Gasteiger charge is -2.38. The molecule has 0 aromatic heterocycles. The number of likely N-dealkylation sites (tertiary alicyclic amines) is 1. The highest BCUT2D eigenvalue weighted by atomic mass is 32.2. The molecule has 3 fully saturated rings. The Balaban J connectivity index is 1.31. The number of hydrogen-bond acceptors (Lipinski definition) is 13. The molecule has 0 spiro atoms. The van der Waals surface area contributed by atoms with Gasteiger partial charge in [-0.05, 0) is 25.0 Å². The van der Waals surface area contributed by atoms with Crippen LogP contribution in [0, 0.1) is 17.7 Å². The van der Waals surface area contributed by atoms with Gasteiger partial charge in [0.2, 0.25) is 11.8 Å². The molecule has 14 nitrogen and oxygen atoms in total. The summed E-state index contributed by atoms with van der Waals surface area (Å²) in [5, 5.41) is 30.6. The Labute approximate surface area is 259 Å². The Morgan fingerprint density at radius 2 is 1.49 bits per heavy atom. The average Bonchev–Trinajstić information content (AvgIpc) is 3.19. The van der Waals surface area contributed by atoms with Crippen LogP contribution >= 0.6 is 0 Å². The van der Waals surface area contributed by atoms with Crippen LogP contribution in [0.3, 0.4) is 0 Å². The number of fused-ring (bicyclic) bond motifs is 1. The van der Waals surface area contributed by atoms with Crippen molar-refractivity contribution in [3.63, 3.8) is 0 Å². The molecule has 2 aromatic carbocycles. The number of aliphatic hydroxyl groups excluding tert-OH is 2. The molecule has 0 bridgehead atoms. The van der Waals surface area contributed by atoms with Crippen molar-refractivity contribution in [2.75, 3.05) is 50.4 Å². The van der Waals surface area contributed by atoms with Crippen molar-refractivity contribution in [1.82, 2.24) is 9.80 Å². The highest BCUT2D eigenvalue weighted by molar-refractivity contribution is 7.86. The number of nitrogens with zero attached hydrogens (tertiary/aromatic N) is 3. The number of imide groups is 1. The number of aliphatic hydroxyl groups is 2. The molecule has 2 amide bonds. The minimum Gasteiger partial charge on any atom is -0.506 e. The molecule has 2 aliphatic heterocycles. The van der Waals surface area contributed by atoms with Crippen molar-refractivity contribution in [3.8, 4) is 11.5 Å². The largest absolute Gasteiger partial charge is 0.506 e. The third kappa shape index (κ3) is 7.39. The first-order valence-corrected chi connectivity index (χ1v) is 17.4. The van der Waals surface area contributed by atoms with Gasteiger partial charge in [0.05, 0.1) is 47.4 Å². The Bertz CT molecular complexity index is 1620. The van der Waals surface area contributed by atoms with Crippen LogP contribution in [0.15, 0.2) is 47.4 Å². The van der Waals surface area contributed by atoms with Gasteiger partial charge in [0.1, 0.15) is 11.9 Å². The van der Waals surface area contributed by atoms with E-state index in [4.69, 9.17) is 4.18 Å². The van der Waals surface area contributed by atoms with E-state index < -0.39 is 79.5 Å². The van der Waals surface area contributed by atoms with Gasteiger partial charge in [-0.15, -0.1) is 0 Å². The zero-order valence-corrected chi connectivity index (χ0v) is 25.9. The lowest BCUT2D eigenvalue weighted by molar-refractivity contribution is -0.141. The minimum absolute atomic E-state index is 0.0149. The Morgan fingerprint density at radius 1 is 0.911 bits per heavy atom. The number of carbonyl (C=O) groups excluding carboxylic acids is 2. The molecule has 1 aliphatic carbocycles. The maximum Gasteiger partial charge on any atom is 0.306 e. The summed E-state index contributed by atoms with van der Waals surface area (Å²) in [5.74, 6) is -4.81. The molecule has 2 saturated heterocycles. The third-order valence-electron chi connectivity index (χ3n) is 8.21. The number of anilines is 1. The van der Waals surface area contributed by atoms with Crippen LogP contribution in [0.2, 0.25) is 0 Å². The first-order valence-electron chi connectivity index (χ1n) is 14.2. The monoisotopic (exact) mass is 671 g/mol. The topological polar surface area (TPSA) is 191 Å². The fourth-order valence-corrected chi connectivity index (χ4v) is 7.55. The van der Waals surface area contributed by atoms with Gasteiger partial charge in [-0.3, -0.25) is 23.6 Å². The van der Waals surface area contributed by atoms with Crippen molar-refractivity contribution in [1.29, 1.82) is 0 Å². The summed E-state index contributed by atoms with van der Waals surface area (Å²) in [4.78, 5) is 30.8. The predicted octanol–water partition coefficient (Wildman–Crippen LogP) is -0.117. The second-order valence-corrected chi connectivity index (χ2v) is 14.6. The number of halogens is 1. The van der Waals surface area contributed by atoms with E-state index in [1.807, 2.05) is 4.90 Å². The van der Waals surface area contributed by atoms with Crippen LogP contribution < -0.4 is 9.08 Å². The summed E-state index contributed by atoms with van der Waals surface area (Å²) in [6.07, 6.45) is -2.91. The van der Waals surface area contributed by atoms with Crippen LogP contribution in [0.25, 0.3) is 0 Å². The second-order valence-electron chi connectivity index (χ2n) is 11.4. The van der Waals surface area contributed by atoms with E-state index in [0.717, 1.165) is 23.3 Å². The van der Waals surface area contributed by atoms with Gasteiger partial charge in [-0.1, -0.05) is 18.2 Å². The highest BCUT2D eigenvalue weighted by Gasteiger charge is 2.52. The third-order valence-corrected chi connectivity index (χ3v) is 10.1. The van der Waals surface area contributed by atoms with Crippen LogP contribution in [0.5, 0.6) is 11.5 Å². The van der Waals surface area contributed by atoms with Gasteiger partial charge in [-0.25, -0.2) is 4.39 Å². The number of phenolic OH excluding ortho intramolecular Hbond substituents is 1. The molecular formula is C28H34FN3O11S2. The van der Waals surface area contributed by atoms with E-state index in [9.17, 15) is 46.1 Å². The molecule has 3 N–H and O–H groups in total. The first-order chi connectivity index (χ1) is 21.1. The van der Waals surface area contributed by atoms with E-state index in [1.165, 1.54) is 24.3 Å². The minimum atomic E-state index is -4.31. The van der Waals surface area contributed by atoms with Gasteiger partial charge >= 0.3 is 10.1 Å². The standard InChI is InChI=1S/C28H34FN3O11S2/c1-44(38,39)43-26-14-23(33)22(13-21(26)29)31-9-7-30(8-10-31)15-17(42-45(40,41)18-5-3-2-4-6-18)16-32-27(36)19-11-24(34)25(35)12-20(19)28(32)37/h2-6,13-14,17,19-20,24-25,33-35H,7-12,15-16H2,1H3. The summed E-state index contributed by atoms with van der Waals surface area (Å²) >= 11 is 0. The molecule has 5 unspecified atom stereocenters. The molecule has 246 valence electrons. The van der Waals surface area contributed by atoms with E-state index in [-0.39, 0.29) is 49.6 Å². The molecule has 45 heavy (non-hydrogen) atoms. The van der Waals surface area contributed by atoms with Crippen LogP contribution in [-0.4, -0.2) is 118 Å². The maximum absolute atomic E-state index is 14.6. The van der Waals surface area contributed by atoms with Gasteiger partial charge in [0.15, 0.2) is 11.6 Å². The van der Waals surface area contributed by atoms with Crippen molar-refractivity contribution in [3.05, 3.63) is 48.3 Å². The average molecular weight is 672 g/mol. The summed E-state index contributed by atoms with van der Waals surface area (Å²) in [7, 11) is -8.33. The zero-order chi connectivity index (χ0) is 32.7. The predicted molar refractivity (Wildman–Crippen MR) is 156 cm³/mol. The van der Waals surface area contributed by atoms with Crippen molar-refractivity contribution in [2.24, 2.45) is 11.8 Å². The fraction of sp³-hybridized carbons (Fsp3) is 0.500. The van der Waals surface area contributed by atoms with Crippen molar-refractivity contribution in [2.45, 2.75) is 36.0 Å². The van der Waals surface area contributed by atoms with Gasteiger partial charge in [0.25, 0.3) is 10.1 Å². The molecule has 5 rings (SSSR count). The number of benzene rings is 2. The van der Waals surface area contributed by atoms with Gasteiger partial charge in [-0.2, -0.15) is 16.8 Å². The number of rotatable bonds is 10. The normalized spacial score (nSPS) is 25.3. The van der Waals surface area contributed by atoms with Crippen LogP contribution in [0.4, 0.5) is 10.1 Å². The molecule has 3 aliphatic rings. The maximum atomic E-state index is 14.6. The number of aromatic hydroxyl groups is 1. The quantitative estimate of drug-likeness (QED) is 0.224. The first kappa shape index (κ1) is 33.0. The van der Waals surface area contributed by atoms with Crippen LogP contribution in [0.1, 0.15) is 12.8 Å². The summed E-state index contributed by atoms with van der Waals surface area (Å²) < 4.78 is 73.8. The lowest BCUT2D eigenvalue weighted by Crippen LogP contribution is -2.51. The summed E-state index contributed by atoms with van der Waals surface area (Å²) in [5.41, 5.74) is 0.104. The Hall–Kier alpha value is -3.35. The number of carbonyl (C=O) groups is 2. The van der Waals surface area contributed by atoms with E-state index in [2.05, 4.69) is 4.18 Å². The highest BCUT2D eigenvalue weighted by Crippen LogP contribution is 2.39. The van der Waals surface area contributed by atoms with Gasteiger partial charge in [0, 0.05) is 44.9 Å². The Morgan fingerprint density at radius 3 is 2.04 bits per heavy atom. The van der Waals surface area contributed by atoms with E-state index >= 15 is 0 Å². The molecule has 0 radical (unpaired) electrons. The number of hydrogen-bond donors (Lipinski definition) is 3. The smallest absolute Gasteiger partial charge is 0.306 e. The number of amides is 2. The Kier molecular flexibility index (Phi) is 9.40. The van der Waals surface area contributed by atoms with Crippen molar-refractivity contribution < 1.29 is 54.5 Å². The van der Waals surface area contributed by atoms with Gasteiger partial charge < -0.3 is 24.4 Å².